The number of esters is 1. The fourth-order valence-corrected chi connectivity index (χ4v) is 3.44. The van der Waals surface area contributed by atoms with Crippen LogP contribution in [0.25, 0.3) is 0 Å². The van der Waals surface area contributed by atoms with Gasteiger partial charge in [-0.25, -0.2) is 9.78 Å². The first-order valence-electron chi connectivity index (χ1n) is 7.03. The van der Waals surface area contributed by atoms with Gasteiger partial charge in [-0.15, -0.1) is 11.3 Å². The molecule has 1 saturated heterocycles. The maximum absolute atomic E-state index is 11.8. The van der Waals surface area contributed by atoms with E-state index < -0.39 is 0 Å². The summed E-state index contributed by atoms with van der Waals surface area (Å²) < 4.78 is 5.04. The van der Waals surface area contributed by atoms with Crippen LogP contribution in [0.1, 0.15) is 27.3 Å². The summed E-state index contributed by atoms with van der Waals surface area (Å²) in [4.78, 5) is 21.9. The van der Waals surface area contributed by atoms with Gasteiger partial charge in [-0.2, -0.15) is 0 Å². The van der Waals surface area contributed by atoms with Crippen molar-refractivity contribution in [2.75, 3.05) is 40.3 Å². The number of likely N-dealkylation sites (N-methyl/N-ethyl adjacent to an activating group) is 2. The smallest absolute Gasteiger partial charge is 0.358 e. The van der Waals surface area contributed by atoms with Crippen molar-refractivity contribution < 1.29 is 9.53 Å². The van der Waals surface area contributed by atoms with Gasteiger partial charge in [0.25, 0.3) is 0 Å². The zero-order valence-electron chi connectivity index (χ0n) is 12.7. The lowest BCUT2D eigenvalue weighted by atomic mass is 10.1. The first-order valence-corrected chi connectivity index (χ1v) is 7.85. The van der Waals surface area contributed by atoms with Gasteiger partial charge >= 0.3 is 5.97 Å². The highest BCUT2D eigenvalue weighted by molar-refractivity contribution is 7.11. The molecule has 1 aromatic heterocycles. The highest BCUT2D eigenvalue weighted by atomic mass is 32.1. The zero-order valence-corrected chi connectivity index (χ0v) is 13.5. The minimum absolute atomic E-state index is 0.304. The maximum atomic E-state index is 11.8. The van der Waals surface area contributed by atoms with E-state index in [1.807, 2.05) is 13.8 Å². The highest BCUT2D eigenvalue weighted by Crippen LogP contribution is 2.21. The molecule has 0 N–H and O–H groups in total. The number of ether oxygens (including phenoxy) is 1. The third kappa shape index (κ3) is 3.56. The van der Waals surface area contributed by atoms with Crippen molar-refractivity contribution in [3.05, 3.63) is 15.6 Å². The van der Waals surface area contributed by atoms with Gasteiger partial charge in [0.2, 0.25) is 0 Å². The van der Waals surface area contributed by atoms with Crippen molar-refractivity contribution >= 4 is 17.3 Å². The summed E-state index contributed by atoms with van der Waals surface area (Å²) in [7, 11) is 4.31. The van der Waals surface area contributed by atoms with Crippen molar-refractivity contribution in [1.29, 1.82) is 0 Å². The van der Waals surface area contributed by atoms with E-state index in [-0.39, 0.29) is 5.97 Å². The van der Waals surface area contributed by atoms with Crippen molar-refractivity contribution in [1.82, 2.24) is 14.8 Å². The molecule has 1 aromatic rings. The number of rotatable bonds is 4. The van der Waals surface area contributed by atoms with Crippen LogP contribution in [0, 0.1) is 6.92 Å². The zero-order chi connectivity index (χ0) is 14.7. The molecular weight excluding hydrogens is 274 g/mol. The second-order valence-corrected chi connectivity index (χ2v) is 6.62. The molecule has 0 amide bonds. The number of carbonyl (C=O) groups excluding carboxylic acids is 1. The van der Waals surface area contributed by atoms with Crippen LogP contribution in [0.5, 0.6) is 0 Å². The SMILES string of the molecule is CCOC(=O)c1nc(CC2CN(C)CCN2C)sc1C. The molecule has 6 heteroatoms. The molecule has 1 unspecified atom stereocenters. The fraction of sp³-hybridized carbons (Fsp3) is 0.714. The predicted octanol–water partition coefficient (Wildman–Crippen LogP) is 1.42. The molecule has 1 fully saturated rings. The Morgan fingerprint density at radius 3 is 2.90 bits per heavy atom. The third-order valence-electron chi connectivity index (χ3n) is 3.70. The molecule has 2 heterocycles. The van der Waals surface area contributed by atoms with Crippen LogP contribution in [0.3, 0.4) is 0 Å². The largest absolute Gasteiger partial charge is 0.461 e. The number of thiazole rings is 1. The first-order chi connectivity index (χ1) is 9.51. The molecule has 0 bridgehead atoms. The average molecular weight is 297 g/mol. The Kier molecular flexibility index (Phi) is 5.12. The quantitative estimate of drug-likeness (QED) is 0.787. The Labute approximate surface area is 124 Å². The van der Waals surface area contributed by atoms with Crippen LogP contribution in [0.4, 0.5) is 0 Å². The minimum Gasteiger partial charge on any atom is -0.461 e. The Hall–Kier alpha value is -0.980. The lowest BCUT2D eigenvalue weighted by molar-refractivity contribution is 0.0519. The van der Waals surface area contributed by atoms with Crippen molar-refractivity contribution in [2.24, 2.45) is 0 Å². The molecule has 112 valence electrons. The van der Waals surface area contributed by atoms with E-state index in [1.54, 1.807) is 11.3 Å². The summed E-state index contributed by atoms with van der Waals surface area (Å²) in [5.74, 6) is -0.304. The van der Waals surface area contributed by atoms with Gasteiger partial charge in [-0.3, -0.25) is 0 Å². The summed E-state index contributed by atoms with van der Waals surface area (Å²) in [5, 5.41) is 1.03. The predicted molar refractivity (Wildman–Crippen MR) is 80.4 cm³/mol. The number of nitrogens with zero attached hydrogens (tertiary/aromatic N) is 3. The van der Waals surface area contributed by atoms with Crippen LogP contribution in [-0.2, 0) is 11.2 Å². The van der Waals surface area contributed by atoms with Crippen molar-refractivity contribution in [3.8, 4) is 0 Å². The molecular formula is C14H23N3O2S. The van der Waals surface area contributed by atoms with Crippen LogP contribution in [-0.4, -0.2) is 67.1 Å². The number of aryl methyl sites for hydroxylation is 1. The van der Waals surface area contributed by atoms with E-state index in [2.05, 4.69) is 28.9 Å². The number of hydrogen-bond donors (Lipinski definition) is 0. The van der Waals surface area contributed by atoms with Gasteiger partial charge in [-0.1, -0.05) is 0 Å². The van der Waals surface area contributed by atoms with E-state index in [0.29, 0.717) is 18.3 Å². The molecule has 2 rings (SSSR count). The van der Waals surface area contributed by atoms with E-state index in [0.717, 1.165) is 35.9 Å². The molecule has 5 nitrogen and oxygen atoms in total. The molecule has 1 aliphatic rings. The van der Waals surface area contributed by atoms with Crippen molar-refractivity contribution in [2.45, 2.75) is 26.3 Å². The van der Waals surface area contributed by atoms with Crippen LogP contribution >= 0.6 is 11.3 Å². The maximum Gasteiger partial charge on any atom is 0.358 e. The molecule has 1 atom stereocenters. The summed E-state index contributed by atoms with van der Waals surface area (Å²) in [6.45, 7) is 7.37. The Morgan fingerprint density at radius 2 is 2.20 bits per heavy atom. The topological polar surface area (TPSA) is 45.7 Å². The standard InChI is InChI=1S/C14H23N3O2S/c1-5-19-14(18)13-10(2)20-12(15-13)8-11-9-16(3)6-7-17(11)4/h11H,5-9H2,1-4H3. The number of carbonyl (C=O) groups is 1. The number of aromatic nitrogens is 1. The van der Waals surface area contributed by atoms with Crippen LogP contribution in [0.2, 0.25) is 0 Å². The average Bonchev–Trinajstić information content (AvgIpc) is 2.75. The van der Waals surface area contributed by atoms with Gasteiger partial charge in [0, 0.05) is 37.0 Å². The van der Waals surface area contributed by atoms with Crippen LogP contribution < -0.4 is 0 Å². The summed E-state index contributed by atoms with van der Waals surface area (Å²) in [6, 6.07) is 0.467. The Morgan fingerprint density at radius 1 is 1.45 bits per heavy atom. The Bertz CT molecular complexity index is 475. The second-order valence-electron chi connectivity index (χ2n) is 5.33. The third-order valence-corrected chi connectivity index (χ3v) is 4.69. The number of hydrogen-bond acceptors (Lipinski definition) is 6. The molecule has 20 heavy (non-hydrogen) atoms. The van der Waals surface area contributed by atoms with E-state index >= 15 is 0 Å². The Balaban J connectivity index is 2.06. The van der Waals surface area contributed by atoms with E-state index in [4.69, 9.17) is 4.74 Å². The van der Waals surface area contributed by atoms with Gasteiger partial charge < -0.3 is 14.5 Å². The molecule has 0 spiro atoms. The first kappa shape index (κ1) is 15.4. The molecule has 0 saturated carbocycles. The van der Waals surface area contributed by atoms with Crippen molar-refractivity contribution in [3.63, 3.8) is 0 Å². The summed E-state index contributed by atoms with van der Waals surface area (Å²) in [5.41, 5.74) is 0.485. The van der Waals surface area contributed by atoms with Gasteiger partial charge in [0.1, 0.15) is 0 Å². The summed E-state index contributed by atoms with van der Waals surface area (Å²) in [6.07, 6.45) is 0.895. The fourth-order valence-electron chi connectivity index (χ4n) is 2.45. The van der Waals surface area contributed by atoms with Crippen LogP contribution in [0.15, 0.2) is 0 Å². The summed E-state index contributed by atoms with van der Waals surface area (Å²) >= 11 is 1.61. The molecule has 0 aliphatic carbocycles. The monoisotopic (exact) mass is 297 g/mol. The molecule has 1 aliphatic heterocycles. The number of piperazine rings is 1. The van der Waals surface area contributed by atoms with Gasteiger partial charge in [0.15, 0.2) is 5.69 Å². The minimum atomic E-state index is -0.304. The highest BCUT2D eigenvalue weighted by Gasteiger charge is 2.25. The molecule has 0 aromatic carbocycles. The lowest BCUT2D eigenvalue weighted by Gasteiger charge is -2.37. The molecule has 0 radical (unpaired) electrons. The lowest BCUT2D eigenvalue weighted by Crippen LogP contribution is -2.50. The second kappa shape index (κ2) is 6.65. The normalized spacial score (nSPS) is 21.1. The van der Waals surface area contributed by atoms with E-state index in [9.17, 15) is 4.79 Å². The van der Waals surface area contributed by atoms with Gasteiger partial charge in [0.05, 0.1) is 11.6 Å². The van der Waals surface area contributed by atoms with Gasteiger partial charge in [-0.05, 0) is 27.9 Å². The van der Waals surface area contributed by atoms with E-state index in [1.165, 1.54) is 0 Å².